The third kappa shape index (κ3) is 3.15. The van der Waals surface area contributed by atoms with Crippen molar-refractivity contribution in [2.75, 3.05) is 0 Å². The average molecular weight is 334 g/mol. The molecule has 82 valence electrons. The highest BCUT2D eigenvalue weighted by molar-refractivity contribution is 9.09. The summed E-state index contributed by atoms with van der Waals surface area (Å²) in [4.78, 5) is 11.2. The zero-order valence-corrected chi connectivity index (χ0v) is 12.1. The second kappa shape index (κ2) is 5.80. The SMILES string of the molecule is CCc1ccc(CBr)cc1C(Br)C(C)=O. The van der Waals surface area contributed by atoms with Gasteiger partial charge < -0.3 is 0 Å². The molecule has 0 aliphatic rings. The van der Waals surface area contributed by atoms with Crippen LogP contribution >= 0.6 is 31.9 Å². The molecule has 0 amide bonds. The Morgan fingerprint density at radius 3 is 2.60 bits per heavy atom. The molecule has 15 heavy (non-hydrogen) atoms. The number of rotatable bonds is 4. The summed E-state index contributed by atoms with van der Waals surface area (Å²) in [7, 11) is 0. The predicted octanol–water partition coefficient (Wildman–Crippen LogP) is 4.17. The van der Waals surface area contributed by atoms with Crippen molar-refractivity contribution >= 4 is 37.6 Å². The highest BCUT2D eigenvalue weighted by Crippen LogP contribution is 2.28. The van der Waals surface area contributed by atoms with Crippen molar-refractivity contribution < 1.29 is 4.79 Å². The molecule has 1 aromatic rings. The second-order valence-electron chi connectivity index (χ2n) is 3.49. The molecule has 0 fully saturated rings. The van der Waals surface area contributed by atoms with Gasteiger partial charge in [-0.2, -0.15) is 0 Å². The minimum Gasteiger partial charge on any atom is -0.298 e. The minimum absolute atomic E-state index is 0.149. The van der Waals surface area contributed by atoms with E-state index < -0.39 is 0 Å². The summed E-state index contributed by atoms with van der Waals surface area (Å²) in [5.41, 5.74) is 3.53. The first-order chi connectivity index (χ1) is 7.10. The van der Waals surface area contributed by atoms with E-state index in [2.05, 4.69) is 57.0 Å². The largest absolute Gasteiger partial charge is 0.298 e. The van der Waals surface area contributed by atoms with E-state index in [1.807, 2.05) is 0 Å². The van der Waals surface area contributed by atoms with Crippen molar-refractivity contribution in [2.24, 2.45) is 0 Å². The van der Waals surface area contributed by atoms with Gasteiger partial charge in [0.15, 0.2) is 0 Å². The van der Waals surface area contributed by atoms with E-state index >= 15 is 0 Å². The summed E-state index contributed by atoms with van der Waals surface area (Å²) in [5, 5.41) is 0.821. The second-order valence-corrected chi connectivity index (χ2v) is 4.97. The quantitative estimate of drug-likeness (QED) is 0.756. The summed E-state index contributed by atoms with van der Waals surface area (Å²) >= 11 is 6.86. The van der Waals surface area contributed by atoms with Crippen molar-refractivity contribution in [3.8, 4) is 0 Å². The Morgan fingerprint density at radius 1 is 1.47 bits per heavy atom. The first-order valence-corrected chi connectivity index (χ1v) is 6.96. The molecule has 0 radical (unpaired) electrons. The summed E-state index contributed by atoms with van der Waals surface area (Å²) < 4.78 is 0. The van der Waals surface area contributed by atoms with E-state index in [1.54, 1.807) is 6.92 Å². The monoisotopic (exact) mass is 332 g/mol. The van der Waals surface area contributed by atoms with Crippen LogP contribution in [-0.4, -0.2) is 5.78 Å². The van der Waals surface area contributed by atoms with Crippen LogP contribution in [0.25, 0.3) is 0 Å². The van der Waals surface area contributed by atoms with E-state index in [-0.39, 0.29) is 10.6 Å². The van der Waals surface area contributed by atoms with Gasteiger partial charge in [0.1, 0.15) is 5.78 Å². The molecule has 1 aromatic carbocycles. The van der Waals surface area contributed by atoms with Gasteiger partial charge >= 0.3 is 0 Å². The lowest BCUT2D eigenvalue weighted by Crippen LogP contribution is -2.05. The molecule has 0 aliphatic heterocycles. The van der Waals surface area contributed by atoms with Gasteiger partial charge in [0.25, 0.3) is 0 Å². The summed E-state index contributed by atoms with van der Waals surface area (Å²) in [6, 6.07) is 6.29. The van der Waals surface area contributed by atoms with Gasteiger partial charge in [-0.3, -0.25) is 4.79 Å². The normalized spacial score (nSPS) is 12.5. The van der Waals surface area contributed by atoms with Crippen molar-refractivity contribution in [3.63, 3.8) is 0 Å². The highest BCUT2D eigenvalue weighted by Gasteiger charge is 2.16. The molecule has 0 aromatic heterocycles. The maximum atomic E-state index is 11.4. The zero-order valence-electron chi connectivity index (χ0n) is 8.89. The van der Waals surface area contributed by atoms with Crippen LogP contribution in [0.5, 0.6) is 0 Å². The number of benzene rings is 1. The average Bonchev–Trinajstić information content (AvgIpc) is 2.27. The van der Waals surface area contributed by atoms with Crippen LogP contribution in [0.4, 0.5) is 0 Å². The van der Waals surface area contributed by atoms with Crippen molar-refractivity contribution in [3.05, 3.63) is 34.9 Å². The molecule has 3 heteroatoms. The Hall–Kier alpha value is -0.150. The lowest BCUT2D eigenvalue weighted by atomic mass is 9.98. The third-order valence-corrected chi connectivity index (χ3v) is 4.16. The number of ketones is 1. The van der Waals surface area contributed by atoms with E-state index in [1.165, 1.54) is 11.1 Å². The van der Waals surface area contributed by atoms with Crippen LogP contribution in [0.15, 0.2) is 18.2 Å². The number of aryl methyl sites for hydroxylation is 1. The van der Waals surface area contributed by atoms with Crippen LogP contribution in [0.2, 0.25) is 0 Å². The first-order valence-electron chi connectivity index (χ1n) is 4.92. The van der Waals surface area contributed by atoms with Gasteiger partial charge in [-0.05, 0) is 30.0 Å². The Bertz CT molecular complexity index is 361. The van der Waals surface area contributed by atoms with Crippen LogP contribution in [-0.2, 0) is 16.5 Å². The van der Waals surface area contributed by atoms with Gasteiger partial charge in [-0.1, -0.05) is 57.0 Å². The molecule has 1 rings (SSSR count). The highest BCUT2D eigenvalue weighted by atomic mass is 79.9. The number of hydrogen-bond donors (Lipinski definition) is 0. The maximum absolute atomic E-state index is 11.4. The van der Waals surface area contributed by atoms with Gasteiger partial charge in [0.05, 0.1) is 4.83 Å². The smallest absolute Gasteiger partial charge is 0.147 e. The number of hydrogen-bond acceptors (Lipinski definition) is 1. The Kier molecular flexibility index (Phi) is 5.00. The van der Waals surface area contributed by atoms with E-state index in [0.29, 0.717) is 0 Å². The molecular formula is C12H14Br2O. The predicted molar refractivity (Wildman–Crippen MR) is 70.8 cm³/mol. The van der Waals surface area contributed by atoms with Crippen LogP contribution in [0.3, 0.4) is 0 Å². The summed E-state index contributed by atoms with van der Waals surface area (Å²) in [6.07, 6.45) is 0.952. The number of carbonyl (C=O) groups excluding carboxylic acids is 1. The fourth-order valence-corrected chi connectivity index (χ4v) is 2.28. The molecule has 0 saturated heterocycles. The molecule has 1 unspecified atom stereocenters. The van der Waals surface area contributed by atoms with Crippen LogP contribution in [0.1, 0.15) is 35.4 Å². The standard InChI is InChI=1S/C12H14Br2O/c1-3-10-5-4-9(7-13)6-11(10)12(14)8(2)15/h4-6,12H,3,7H2,1-2H3. The maximum Gasteiger partial charge on any atom is 0.147 e. The number of alkyl halides is 2. The molecule has 0 saturated carbocycles. The fourth-order valence-electron chi connectivity index (χ4n) is 1.50. The summed E-state index contributed by atoms with van der Waals surface area (Å²) in [6.45, 7) is 3.71. The summed E-state index contributed by atoms with van der Waals surface area (Å²) in [5.74, 6) is 0.149. The Morgan fingerprint density at radius 2 is 2.13 bits per heavy atom. The molecule has 1 nitrogen and oxygen atoms in total. The molecule has 0 heterocycles. The first kappa shape index (κ1) is 12.9. The lowest BCUT2D eigenvalue weighted by molar-refractivity contribution is -0.116. The van der Waals surface area contributed by atoms with Gasteiger partial charge in [-0.15, -0.1) is 0 Å². The van der Waals surface area contributed by atoms with E-state index in [0.717, 1.165) is 17.3 Å². The van der Waals surface area contributed by atoms with Gasteiger partial charge in [-0.25, -0.2) is 0 Å². The van der Waals surface area contributed by atoms with Crippen LogP contribution in [0, 0.1) is 0 Å². The molecule has 1 atom stereocenters. The Balaban J connectivity index is 3.16. The third-order valence-electron chi connectivity index (χ3n) is 2.38. The number of carbonyl (C=O) groups is 1. The van der Waals surface area contributed by atoms with Crippen LogP contribution < -0.4 is 0 Å². The molecule has 0 spiro atoms. The van der Waals surface area contributed by atoms with Gasteiger partial charge in [0.2, 0.25) is 0 Å². The van der Waals surface area contributed by atoms with Crippen molar-refractivity contribution in [1.82, 2.24) is 0 Å². The topological polar surface area (TPSA) is 17.1 Å². The van der Waals surface area contributed by atoms with Crippen molar-refractivity contribution in [1.29, 1.82) is 0 Å². The van der Waals surface area contributed by atoms with E-state index in [9.17, 15) is 4.79 Å². The zero-order chi connectivity index (χ0) is 11.4. The lowest BCUT2D eigenvalue weighted by Gasteiger charge is -2.13. The number of Topliss-reactive ketones (excluding diaryl/α,β-unsaturated/α-hetero) is 1. The molecule has 0 bridgehead atoms. The van der Waals surface area contributed by atoms with Crippen molar-refractivity contribution in [2.45, 2.75) is 30.4 Å². The molecule has 0 aliphatic carbocycles. The fraction of sp³-hybridized carbons (Fsp3) is 0.417. The molecule has 0 N–H and O–H groups in total. The number of halogens is 2. The van der Waals surface area contributed by atoms with E-state index in [4.69, 9.17) is 0 Å². The van der Waals surface area contributed by atoms with Gasteiger partial charge in [0, 0.05) is 5.33 Å². The minimum atomic E-state index is -0.175. The molecular weight excluding hydrogens is 320 g/mol. The Labute approximate surface area is 108 Å².